The third-order valence-electron chi connectivity index (χ3n) is 6.38. The molecular formula is C23H31N5O. The summed E-state index contributed by atoms with van der Waals surface area (Å²) in [6.45, 7) is 14.0. The highest BCUT2D eigenvalue weighted by Gasteiger charge is 2.39. The molecule has 1 atom stereocenters. The molecule has 0 amide bonds. The molecule has 29 heavy (non-hydrogen) atoms. The number of hydrogen-bond acceptors (Lipinski definition) is 5. The summed E-state index contributed by atoms with van der Waals surface area (Å²) in [5, 5.41) is 22.0. The van der Waals surface area contributed by atoms with E-state index in [9.17, 15) is 5.11 Å². The number of phenolic OH excluding ortho intramolecular Hbond substituents is 1. The Hall–Kier alpha value is -2.44. The molecule has 3 heterocycles. The lowest BCUT2D eigenvalue weighted by Crippen LogP contribution is -2.66. The Balaban J connectivity index is 1.79. The van der Waals surface area contributed by atoms with Gasteiger partial charge in [-0.05, 0) is 70.0 Å². The lowest BCUT2D eigenvalue weighted by atomic mass is 9.87. The van der Waals surface area contributed by atoms with E-state index >= 15 is 0 Å². The first-order chi connectivity index (χ1) is 13.7. The molecule has 0 unspecified atom stereocenters. The first kappa shape index (κ1) is 19.9. The van der Waals surface area contributed by atoms with Crippen LogP contribution in [0.5, 0.6) is 5.75 Å². The molecule has 1 aliphatic rings. The molecule has 0 aliphatic carbocycles. The SMILES string of the molecule is CC[C@]1(C)CNC(C)(C)CN1Cc1cc(-c2ccc(O)cc2)nc2[nH]nc(C)c12. The van der Waals surface area contributed by atoms with Crippen molar-refractivity contribution in [2.24, 2.45) is 0 Å². The quantitative estimate of drug-likeness (QED) is 0.625. The van der Waals surface area contributed by atoms with E-state index in [1.165, 1.54) is 5.56 Å². The summed E-state index contributed by atoms with van der Waals surface area (Å²) in [7, 11) is 0. The van der Waals surface area contributed by atoms with Crippen molar-refractivity contribution in [2.75, 3.05) is 13.1 Å². The van der Waals surface area contributed by atoms with Crippen LogP contribution in [-0.4, -0.2) is 49.4 Å². The minimum Gasteiger partial charge on any atom is -0.508 e. The molecule has 3 aromatic rings. The smallest absolute Gasteiger partial charge is 0.156 e. The van der Waals surface area contributed by atoms with Crippen molar-refractivity contribution in [3.63, 3.8) is 0 Å². The minimum atomic E-state index is 0.0755. The number of benzene rings is 1. The zero-order valence-electron chi connectivity index (χ0n) is 18.0. The zero-order valence-corrected chi connectivity index (χ0v) is 18.0. The summed E-state index contributed by atoms with van der Waals surface area (Å²) in [5.41, 5.74) is 5.08. The predicted molar refractivity (Wildman–Crippen MR) is 117 cm³/mol. The van der Waals surface area contributed by atoms with Crippen LogP contribution in [0.4, 0.5) is 0 Å². The van der Waals surface area contributed by atoms with E-state index in [2.05, 4.69) is 54.2 Å². The van der Waals surface area contributed by atoms with Crippen molar-refractivity contribution in [3.8, 4) is 17.0 Å². The number of rotatable bonds is 4. The molecule has 4 rings (SSSR count). The Labute approximate surface area is 172 Å². The van der Waals surface area contributed by atoms with Gasteiger partial charge in [-0.1, -0.05) is 6.92 Å². The standard InChI is InChI=1S/C23H31N5O/c1-6-23(5)13-24-22(3,4)14-28(23)12-17-11-19(16-7-9-18(29)10-8-16)25-21-20(17)15(2)26-27-21/h7-11,24,29H,6,12-14H2,1-5H3,(H,25,26,27)/t23-/m1/s1. The first-order valence-corrected chi connectivity index (χ1v) is 10.3. The number of hydrogen-bond donors (Lipinski definition) is 3. The third kappa shape index (κ3) is 3.74. The summed E-state index contributed by atoms with van der Waals surface area (Å²) in [5.74, 6) is 0.259. The van der Waals surface area contributed by atoms with Gasteiger partial charge in [-0.25, -0.2) is 4.98 Å². The average molecular weight is 394 g/mol. The highest BCUT2D eigenvalue weighted by Crippen LogP contribution is 2.32. The number of aromatic nitrogens is 3. The fourth-order valence-corrected chi connectivity index (χ4v) is 4.25. The largest absolute Gasteiger partial charge is 0.508 e. The van der Waals surface area contributed by atoms with Crippen LogP contribution in [-0.2, 0) is 6.54 Å². The molecule has 2 aromatic heterocycles. The lowest BCUT2D eigenvalue weighted by Gasteiger charge is -2.51. The average Bonchev–Trinajstić information content (AvgIpc) is 3.06. The van der Waals surface area contributed by atoms with E-state index in [1.54, 1.807) is 12.1 Å². The van der Waals surface area contributed by atoms with Crippen LogP contribution >= 0.6 is 0 Å². The second kappa shape index (κ2) is 7.11. The molecule has 154 valence electrons. The van der Waals surface area contributed by atoms with Crippen molar-refractivity contribution in [2.45, 2.75) is 58.7 Å². The van der Waals surface area contributed by atoms with Crippen LogP contribution in [0.15, 0.2) is 30.3 Å². The maximum atomic E-state index is 9.63. The molecule has 1 fully saturated rings. The van der Waals surface area contributed by atoms with Crippen LogP contribution in [0.3, 0.4) is 0 Å². The van der Waals surface area contributed by atoms with Gasteiger partial charge < -0.3 is 10.4 Å². The molecule has 1 saturated heterocycles. The van der Waals surface area contributed by atoms with Crippen LogP contribution in [0.25, 0.3) is 22.3 Å². The fourth-order valence-electron chi connectivity index (χ4n) is 4.25. The van der Waals surface area contributed by atoms with E-state index in [0.717, 1.165) is 54.0 Å². The van der Waals surface area contributed by atoms with Gasteiger partial charge in [-0.2, -0.15) is 5.10 Å². The van der Waals surface area contributed by atoms with Crippen LogP contribution in [0.1, 0.15) is 45.4 Å². The third-order valence-corrected chi connectivity index (χ3v) is 6.38. The number of nitrogens with one attached hydrogen (secondary N) is 2. The highest BCUT2D eigenvalue weighted by molar-refractivity contribution is 5.84. The number of H-pyrrole nitrogens is 1. The van der Waals surface area contributed by atoms with Gasteiger partial charge >= 0.3 is 0 Å². The number of aromatic amines is 1. The number of phenols is 1. The van der Waals surface area contributed by atoms with E-state index < -0.39 is 0 Å². The van der Waals surface area contributed by atoms with E-state index in [4.69, 9.17) is 4.98 Å². The van der Waals surface area contributed by atoms with Gasteiger partial charge in [0.05, 0.1) is 11.4 Å². The molecule has 0 saturated carbocycles. The molecule has 0 radical (unpaired) electrons. The summed E-state index contributed by atoms with van der Waals surface area (Å²) in [6, 6.07) is 9.39. The van der Waals surface area contributed by atoms with Crippen molar-refractivity contribution in [3.05, 3.63) is 41.6 Å². The Morgan fingerprint density at radius 2 is 1.90 bits per heavy atom. The number of piperazine rings is 1. The Morgan fingerprint density at radius 3 is 2.59 bits per heavy atom. The van der Waals surface area contributed by atoms with Gasteiger partial charge in [-0.15, -0.1) is 0 Å². The Morgan fingerprint density at radius 1 is 1.17 bits per heavy atom. The van der Waals surface area contributed by atoms with Crippen molar-refractivity contribution in [1.82, 2.24) is 25.4 Å². The van der Waals surface area contributed by atoms with Gasteiger partial charge in [0.1, 0.15) is 5.75 Å². The second-order valence-corrected chi connectivity index (χ2v) is 9.19. The molecule has 6 nitrogen and oxygen atoms in total. The van der Waals surface area contributed by atoms with Gasteiger partial charge in [0.15, 0.2) is 5.65 Å². The summed E-state index contributed by atoms with van der Waals surface area (Å²) < 4.78 is 0. The van der Waals surface area contributed by atoms with Gasteiger partial charge in [0, 0.05) is 41.7 Å². The molecule has 1 aliphatic heterocycles. The van der Waals surface area contributed by atoms with Gasteiger partial charge in [-0.3, -0.25) is 10.00 Å². The number of aromatic hydroxyl groups is 1. The van der Waals surface area contributed by atoms with Crippen molar-refractivity contribution >= 4 is 11.0 Å². The Kier molecular flexibility index (Phi) is 4.87. The zero-order chi connectivity index (χ0) is 20.8. The summed E-state index contributed by atoms with van der Waals surface area (Å²) >= 11 is 0. The van der Waals surface area contributed by atoms with E-state index in [1.807, 2.05) is 19.1 Å². The summed E-state index contributed by atoms with van der Waals surface area (Å²) in [6.07, 6.45) is 1.08. The molecular weight excluding hydrogens is 362 g/mol. The number of nitrogens with zero attached hydrogens (tertiary/aromatic N) is 3. The second-order valence-electron chi connectivity index (χ2n) is 9.19. The highest BCUT2D eigenvalue weighted by atomic mass is 16.3. The predicted octanol–water partition coefficient (Wildman–Crippen LogP) is 3.99. The topological polar surface area (TPSA) is 77.1 Å². The number of aryl methyl sites for hydroxylation is 1. The van der Waals surface area contributed by atoms with E-state index in [0.29, 0.717) is 0 Å². The van der Waals surface area contributed by atoms with Crippen molar-refractivity contribution in [1.29, 1.82) is 0 Å². The van der Waals surface area contributed by atoms with Crippen molar-refractivity contribution < 1.29 is 5.11 Å². The maximum Gasteiger partial charge on any atom is 0.156 e. The minimum absolute atomic E-state index is 0.0755. The fraction of sp³-hybridized carbons (Fsp3) is 0.478. The van der Waals surface area contributed by atoms with E-state index in [-0.39, 0.29) is 16.8 Å². The molecule has 1 aromatic carbocycles. The first-order valence-electron chi connectivity index (χ1n) is 10.3. The van der Waals surface area contributed by atoms with Gasteiger partial charge in [0.25, 0.3) is 0 Å². The normalized spacial score (nSPS) is 22.2. The molecule has 0 spiro atoms. The monoisotopic (exact) mass is 393 g/mol. The number of fused-ring (bicyclic) bond motifs is 1. The molecule has 0 bridgehead atoms. The van der Waals surface area contributed by atoms with Gasteiger partial charge in [0.2, 0.25) is 0 Å². The maximum absolute atomic E-state index is 9.63. The Bertz CT molecular complexity index is 1020. The lowest BCUT2D eigenvalue weighted by molar-refractivity contribution is 0.0178. The molecule has 3 N–H and O–H groups in total. The molecule has 6 heteroatoms. The van der Waals surface area contributed by atoms with Crippen LogP contribution in [0, 0.1) is 6.92 Å². The van der Waals surface area contributed by atoms with Crippen LogP contribution < -0.4 is 5.32 Å². The summed E-state index contributed by atoms with van der Waals surface area (Å²) in [4.78, 5) is 7.41. The van der Waals surface area contributed by atoms with Crippen LogP contribution in [0.2, 0.25) is 0 Å². The number of pyridine rings is 1.